The molecule has 1 fully saturated rings. The van der Waals surface area contributed by atoms with Gasteiger partial charge in [0, 0.05) is 41.2 Å². The molecule has 31 heavy (non-hydrogen) atoms. The van der Waals surface area contributed by atoms with E-state index >= 15 is 0 Å². The standard InChI is InChI=1S/C25H26N4O2/c1-17-6-4-9-22(14-17)29-25(30)24-19(3)28(18(2)23(24)16-26-29)21-8-5-7-20(15-21)27-10-12-31-13-11-27/h4-9,14-16H,10-13H2,1-3H3. The van der Waals surface area contributed by atoms with Crippen molar-refractivity contribution in [2.75, 3.05) is 31.2 Å². The van der Waals surface area contributed by atoms with E-state index < -0.39 is 0 Å². The molecule has 4 aromatic rings. The van der Waals surface area contributed by atoms with Crippen LogP contribution in [-0.2, 0) is 4.74 Å². The van der Waals surface area contributed by atoms with Crippen LogP contribution in [0.25, 0.3) is 22.1 Å². The van der Waals surface area contributed by atoms with Gasteiger partial charge in [0.25, 0.3) is 5.56 Å². The van der Waals surface area contributed by atoms with Crippen molar-refractivity contribution < 1.29 is 4.74 Å². The first-order chi connectivity index (χ1) is 15.0. The topological polar surface area (TPSA) is 52.3 Å². The lowest BCUT2D eigenvalue weighted by molar-refractivity contribution is 0.122. The number of hydrogen-bond acceptors (Lipinski definition) is 4. The second kappa shape index (κ2) is 7.71. The fraction of sp³-hybridized carbons (Fsp3) is 0.280. The molecule has 0 saturated carbocycles. The minimum Gasteiger partial charge on any atom is -0.378 e. The lowest BCUT2D eigenvalue weighted by atomic mass is 10.2. The molecule has 1 saturated heterocycles. The summed E-state index contributed by atoms with van der Waals surface area (Å²) in [6.45, 7) is 9.36. The van der Waals surface area contributed by atoms with Crippen molar-refractivity contribution in [3.8, 4) is 11.4 Å². The number of aryl methyl sites for hydroxylation is 3. The maximum atomic E-state index is 13.4. The zero-order valence-electron chi connectivity index (χ0n) is 18.1. The van der Waals surface area contributed by atoms with Crippen LogP contribution in [0.1, 0.15) is 17.0 Å². The Labute approximate surface area is 181 Å². The summed E-state index contributed by atoms with van der Waals surface area (Å²) in [5, 5.41) is 6.09. The normalized spacial score (nSPS) is 14.4. The molecule has 6 nitrogen and oxygen atoms in total. The van der Waals surface area contributed by atoms with Crippen molar-refractivity contribution >= 4 is 16.5 Å². The number of aromatic nitrogens is 3. The molecule has 0 amide bonds. The van der Waals surface area contributed by atoms with Crippen molar-refractivity contribution in [3.63, 3.8) is 0 Å². The maximum Gasteiger partial charge on any atom is 0.281 e. The Kier molecular flexibility index (Phi) is 4.87. The molecule has 0 spiro atoms. The largest absolute Gasteiger partial charge is 0.378 e. The van der Waals surface area contributed by atoms with Gasteiger partial charge >= 0.3 is 0 Å². The number of hydrogen-bond donors (Lipinski definition) is 0. The van der Waals surface area contributed by atoms with Crippen LogP contribution in [-0.4, -0.2) is 40.7 Å². The van der Waals surface area contributed by atoms with Crippen LogP contribution in [0.2, 0.25) is 0 Å². The van der Waals surface area contributed by atoms with E-state index in [9.17, 15) is 4.79 Å². The van der Waals surface area contributed by atoms with Crippen molar-refractivity contribution in [1.29, 1.82) is 0 Å². The van der Waals surface area contributed by atoms with Gasteiger partial charge in [0.2, 0.25) is 0 Å². The van der Waals surface area contributed by atoms with Crippen LogP contribution >= 0.6 is 0 Å². The SMILES string of the molecule is Cc1cccc(-n2ncc3c(C)n(-c4cccc(N5CCOCC5)c4)c(C)c3c2=O)c1. The molecule has 0 radical (unpaired) electrons. The van der Waals surface area contributed by atoms with Crippen LogP contribution in [0.3, 0.4) is 0 Å². The van der Waals surface area contributed by atoms with Gasteiger partial charge in [0.05, 0.1) is 30.5 Å². The highest BCUT2D eigenvalue weighted by Gasteiger charge is 2.19. The van der Waals surface area contributed by atoms with Crippen LogP contribution in [0.5, 0.6) is 0 Å². The maximum absolute atomic E-state index is 13.4. The number of nitrogens with zero attached hydrogens (tertiary/aromatic N) is 4. The minimum atomic E-state index is -0.0909. The molecule has 0 unspecified atom stereocenters. The highest BCUT2D eigenvalue weighted by atomic mass is 16.5. The number of fused-ring (bicyclic) bond motifs is 1. The fourth-order valence-electron chi connectivity index (χ4n) is 4.54. The van der Waals surface area contributed by atoms with Gasteiger partial charge in [-0.05, 0) is 56.7 Å². The molecule has 2 aromatic carbocycles. The van der Waals surface area contributed by atoms with Gasteiger partial charge in [-0.2, -0.15) is 9.78 Å². The third kappa shape index (κ3) is 3.33. The Morgan fingerprint density at radius 3 is 2.35 bits per heavy atom. The summed E-state index contributed by atoms with van der Waals surface area (Å²) in [4.78, 5) is 15.8. The number of morpholine rings is 1. The number of rotatable bonds is 3. The van der Waals surface area contributed by atoms with E-state index in [0.29, 0.717) is 5.39 Å². The van der Waals surface area contributed by atoms with E-state index in [1.807, 2.05) is 44.3 Å². The zero-order chi connectivity index (χ0) is 21.5. The van der Waals surface area contributed by atoms with Gasteiger partial charge in [-0.3, -0.25) is 4.79 Å². The molecule has 0 atom stereocenters. The Morgan fingerprint density at radius 2 is 1.58 bits per heavy atom. The Morgan fingerprint density at radius 1 is 0.871 bits per heavy atom. The van der Waals surface area contributed by atoms with E-state index in [0.717, 1.165) is 60.0 Å². The molecule has 0 aliphatic carbocycles. The van der Waals surface area contributed by atoms with E-state index in [4.69, 9.17) is 4.74 Å². The lowest BCUT2D eigenvalue weighted by Gasteiger charge is -2.29. The third-order valence-electron chi connectivity index (χ3n) is 6.11. The van der Waals surface area contributed by atoms with Crippen LogP contribution in [0.15, 0.2) is 59.5 Å². The summed E-state index contributed by atoms with van der Waals surface area (Å²) in [5.41, 5.74) is 5.96. The monoisotopic (exact) mass is 414 g/mol. The van der Waals surface area contributed by atoms with Crippen LogP contribution in [0.4, 0.5) is 5.69 Å². The van der Waals surface area contributed by atoms with E-state index in [1.165, 1.54) is 10.4 Å². The summed E-state index contributed by atoms with van der Waals surface area (Å²) in [5.74, 6) is 0. The van der Waals surface area contributed by atoms with Crippen LogP contribution < -0.4 is 10.5 Å². The van der Waals surface area contributed by atoms with E-state index in [2.05, 4.69) is 45.8 Å². The highest BCUT2D eigenvalue weighted by molar-refractivity contribution is 5.88. The molecule has 0 N–H and O–H groups in total. The minimum absolute atomic E-state index is 0.0909. The number of benzene rings is 2. The molecule has 158 valence electrons. The summed E-state index contributed by atoms with van der Waals surface area (Å²) >= 11 is 0. The molecule has 1 aliphatic rings. The van der Waals surface area contributed by atoms with Gasteiger partial charge in [0.15, 0.2) is 0 Å². The Bertz CT molecular complexity index is 1330. The average Bonchev–Trinajstić information content (AvgIpc) is 3.05. The fourth-order valence-corrected chi connectivity index (χ4v) is 4.54. The molecule has 3 heterocycles. The van der Waals surface area contributed by atoms with Gasteiger partial charge in [-0.25, -0.2) is 0 Å². The zero-order valence-corrected chi connectivity index (χ0v) is 18.1. The molecule has 1 aliphatic heterocycles. The summed E-state index contributed by atoms with van der Waals surface area (Å²) in [6.07, 6.45) is 1.81. The number of ether oxygens (including phenoxy) is 1. The van der Waals surface area contributed by atoms with Crippen LogP contribution in [0, 0.1) is 20.8 Å². The molecular weight excluding hydrogens is 388 g/mol. The molecule has 6 heteroatoms. The quantitative estimate of drug-likeness (QED) is 0.510. The summed E-state index contributed by atoms with van der Waals surface area (Å²) < 4.78 is 9.15. The first-order valence-electron chi connectivity index (χ1n) is 10.6. The Hall–Kier alpha value is -3.38. The van der Waals surface area contributed by atoms with Crippen molar-refractivity contribution in [2.45, 2.75) is 20.8 Å². The van der Waals surface area contributed by atoms with E-state index in [1.54, 1.807) is 0 Å². The molecule has 0 bridgehead atoms. The molecule has 2 aromatic heterocycles. The third-order valence-corrected chi connectivity index (χ3v) is 6.11. The first kappa shape index (κ1) is 19.6. The van der Waals surface area contributed by atoms with Gasteiger partial charge in [0.1, 0.15) is 0 Å². The predicted molar refractivity (Wildman–Crippen MR) is 124 cm³/mol. The van der Waals surface area contributed by atoms with Gasteiger partial charge in [-0.15, -0.1) is 0 Å². The van der Waals surface area contributed by atoms with Gasteiger partial charge in [-0.1, -0.05) is 18.2 Å². The second-order valence-electron chi connectivity index (χ2n) is 8.11. The second-order valence-corrected chi connectivity index (χ2v) is 8.11. The average molecular weight is 415 g/mol. The first-order valence-corrected chi connectivity index (χ1v) is 10.6. The molecular formula is C25H26N4O2. The highest BCUT2D eigenvalue weighted by Crippen LogP contribution is 2.28. The predicted octanol–water partition coefficient (Wildman–Crippen LogP) is 3.94. The number of anilines is 1. The molecule has 5 rings (SSSR count). The Balaban J connectivity index is 1.66. The summed E-state index contributed by atoms with van der Waals surface area (Å²) in [6, 6.07) is 16.3. The van der Waals surface area contributed by atoms with Crippen molar-refractivity contribution in [3.05, 3.63) is 82.0 Å². The lowest BCUT2D eigenvalue weighted by Crippen LogP contribution is -2.36. The summed E-state index contributed by atoms with van der Waals surface area (Å²) in [7, 11) is 0. The van der Waals surface area contributed by atoms with E-state index in [-0.39, 0.29) is 5.56 Å². The van der Waals surface area contributed by atoms with Crippen molar-refractivity contribution in [1.82, 2.24) is 14.3 Å². The smallest absolute Gasteiger partial charge is 0.281 e. The van der Waals surface area contributed by atoms with Crippen molar-refractivity contribution in [2.24, 2.45) is 0 Å². The van der Waals surface area contributed by atoms with Gasteiger partial charge < -0.3 is 14.2 Å².